The number of ether oxygens (including phenoxy) is 1. The second kappa shape index (κ2) is 7.76. The molecule has 1 fully saturated rings. The van der Waals surface area contributed by atoms with E-state index in [0.29, 0.717) is 25.4 Å². The van der Waals surface area contributed by atoms with Gasteiger partial charge in [0.25, 0.3) is 0 Å². The zero-order valence-electron chi connectivity index (χ0n) is 16.7. The van der Waals surface area contributed by atoms with Crippen LogP contribution >= 0.6 is 0 Å². The number of benzene rings is 2. The first kappa shape index (κ1) is 19.7. The van der Waals surface area contributed by atoms with Gasteiger partial charge >= 0.3 is 6.36 Å². The number of hydrogen-bond donors (Lipinski definition) is 1. The molecule has 1 N–H and O–H groups in total. The van der Waals surface area contributed by atoms with Crippen molar-refractivity contribution in [1.82, 2.24) is 9.97 Å². The fourth-order valence-corrected chi connectivity index (χ4v) is 3.79. The molecule has 1 aliphatic carbocycles. The van der Waals surface area contributed by atoms with E-state index in [1.807, 2.05) is 36.4 Å². The first-order chi connectivity index (χ1) is 14.9. The Labute approximate surface area is 177 Å². The molecule has 2 heterocycles. The van der Waals surface area contributed by atoms with E-state index < -0.39 is 6.36 Å². The molecule has 1 aliphatic heterocycles. The van der Waals surface area contributed by atoms with Crippen molar-refractivity contribution in [1.29, 1.82) is 0 Å². The van der Waals surface area contributed by atoms with Crippen molar-refractivity contribution in [2.24, 2.45) is 0 Å². The summed E-state index contributed by atoms with van der Waals surface area (Å²) in [4.78, 5) is 11.7. The third-order valence-electron chi connectivity index (χ3n) is 5.47. The van der Waals surface area contributed by atoms with Gasteiger partial charge in [0.1, 0.15) is 23.2 Å². The molecule has 0 spiro atoms. The van der Waals surface area contributed by atoms with Crippen LogP contribution in [-0.4, -0.2) is 22.9 Å². The van der Waals surface area contributed by atoms with Crippen molar-refractivity contribution in [2.75, 3.05) is 16.8 Å². The maximum Gasteiger partial charge on any atom is 0.573 e. The zero-order chi connectivity index (χ0) is 21.4. The quantitative estimate of drug-likeness (QED) is 0.579. The standard InChI is InChI=1S/C23H21F3N4O/c24-23(25,26)31-19-9-8-17-14-30(11-10-16(17)12-19)21-13-20(27-18-4-2-1-3-5-18)28-22(29-21)15-6-7-15/h1-5,8-9,12-13,15H,6-7,10-11,14H2,(H,27,28,29). The van der Waals surface area contributed by atoms with E-state index in [1.54, 1.807) is 6.07 Å². The number of nitrogens with one attached hydrogen (secondary N) is 1. The summed E-state index contributed by atoms with van der Waals surface area (Å²) >= 11 is 0. The summed E-state index contributed by atoms with van der Waals surface area (Å²) in [5.74, 6) is 2.65. The highest BCUT2D eigenvalue weighted by atomic mass is 19.4. The van der Waals surface area contributed by atoms with Crippen molar-refractivity contribution in [3.8, 4) is 5.75 Å². The highest BCUT2D eigenvalue weighted by Gasteiger charge is 2.32. The maximum atomic E-state index is 12.5. The molecule has 0 unspecified atom stereocenters. The lowest BCUT2D eigenvalue weighted by atomic mass is 9.99. The number of para-hydroxylation sites is 1. The van der Waals surface area contributed by atoms with Crippen LogP contribution in [-0.2, 0) is 13.0 Å². The monoisotopic (exact) mass is 426 g/mol. The van der Waals surface area contributed by atoms with Gasteiger partial charge in [-0.05, 0) is 54.7 Å². The van der Waals surface area contributed by atoms with E-state index in [-0.39, 0.29) is 5.75 Å². The largest absolute Gasteiger partial charge is 0.573 e. The molecule has 160 valence electrons. The van der Waals surface area contributed by atoms with Gasteiger partial charge in [-0.3, -0.25) is 0 Å². The second-order valence-electron chi connectivity index (χ2n) is 7.88. The van der Waals surface area contributed by atoms with Crippen LogP contribution in [0.3, 0.4) is 0 Å². The van der Waals surface area contributed by atoms with Gasteiger partial charge in [0.2, 0.25) is 0 Å². The molecule has 5 rings (SSSR count). The second-order valence-corrected chi connectivity index (χ2v) is 7.88. The molecule has 1 saturated carbocycles. The van der Waals surface area contributed by atoms with E-state index in [9.17, 15) is 13.2 Å². The average molecular weight is 426 g/mol. The van der Waals surface area contributed by atoms with Gasteiger partial charge < -0.3 is 15.0 Å². The topological polar surface area (TPSA) is 50.3 Å². The number of rotatable bonds is 5. The molecule has 0 amide bonds. The highest BCUT2D eigenvalue weighted by molar-refractivity contribution is 5.60. The number of fused-ring (bicyclic) bond motifs is 1. The number of anilines is 3. The van der Waals surface area contributed by atoms with E-state index >= 15 is 0 Å². The summed E-state index contributed by atoms with van der Waals surface area (Å²) in [7, 11) is 0. The van der Waals surface area contributed by atoms with E-state index in [4.69, 9.17) is 9.97 Å². The predicted molar refractivity (Wildman–Crippen MR) is 112 cm³/mol. The lowest BCUT2D eigenvalue weighted by Gasteiger charge is -2.30. The van der Waals surface area contributed by atoms with Gasteiger partial charge in [0.15, 0.2) is 0 Å². The normalized spacial score (nSPS) is 16.0. The number of alkyl halides is 3. The predicted octanol–water partition coefficient (Wildman–Crippen LogP) is 5.56. The van der Waals surface area contributed by atoms with Gasteiger partial charge in [-0.1, -0.05) is 24.3 Å². The van der Waals surface area contributed by atoms with Crippen molar-refractivity contribution >= 4 is 17.3 Å². The first-order valence-corrected chi connectivity index (χ1v) is 10.3. The lowest BCUT2D eigenvalue weighted by Crippen LogP contribution is -2.31. The number of aromatic nitrogens is 2. The van der Waals surface area contributed by atoms with E-state index in [1.165, 1.54) is 12.1 Å². The van der Waals surface area contributed by atoms with Crippen molar-refractivity contribution in [3.63, 3.8) is 0 Å². The molecular weight excluding hydrogens is 405 g/mol. The molecule has 0 atom stereocenters. The number of nitrogens with zero attached hydrogens (tertiary/aromatic N) is 3. The average Bonchev–Trinajstić information content (AvgIpc) is 3.58. The van der Waals surface area contributed by atoms with Gasteiger partial charge in [0.05, 0.1) is 0 Å². The van der Waals surface area contributed by atoms with Crippen LogP contribution in [0, 0.1) is 0 Å². The first-order valence-electron chi connectivity index (χ1n) is 10.3. The summed E-state index contributed by atoms with van der Waals surface area (Å²) in [6, 6.07) is 16.3. The molecule has 2 aromatic carbocycles. The molecule has 31 heavy (non-hydrogen) atoms. The van der Waals surface area contributed by atoms with E-state index in [0.717, 1.165) is 47.1 Å². The Kier molecular flexibility index (Phi) is 4.92. The minimum absolute atomic E-state index is 0.174. The third kappa shape index (κ3) is 4.73. The van der Waals surface area contributed by atoms with Crippen LogP contribution in [0.5, 0.6) is 5.75 Å². The van der Waals surface area contributed by atoms with Gasteiger partial charge in [-0.25, -0.2) is 9.97 Å². The fraction of sp³-hybridized carbons (Fsp3) is 0.304. The summed E-state index contributed by atoms with van der Waals surface area (Å²) in [5, 5.41) is 3.35. The summed E-state index contributed by atoms with van der Waals surface area (Å²) < 4.78 is 41.6. The summed E-state index contributed by atoms with van der Waals surface area (Å²) in [5.41, 5.74) is 2.80. The van der Waals surface area contributed by atoms with Crippen LogP contribution in [0.15, 0.2) is 54.6 Å². The number of halogens is 3. The Morgan fingerprint density at radius 1 is 0.968 bits per heavy atom. The van der Waals surface area contributed by atoms with Gasteiger partial charge in [0, 0.05) is 30.8 Å². The van der Waals surface area contributed by atoms with Crippen LogP contribution in [0.1, 0.15) is 35.7 Å². The van der Waals surface area contributed by atoms with Crippen molar-refractivity contribution in [2.45, 2.75) is 38.1 Å². The smallest absolute Gasteiger partial charge is 0.406 e. The summed E-state index contributed by atoms with van der Waals surface area (Å²) in [6.45, 7) is 1.24. The van der Waals surface area contributed by atoms with Crippen LogP contribution in [0.4, 0.5) is 30.5 Å². The highest BCUT2D eigenvalue weighted by Crippen LogP contribution is 2.40. The van der Waals surface area contributed by atoms with Crippen LogP contribution < -0.4 is 15.0 Å². The fourth-order valence-electron chi connectivity index (χ4n) is 3.79. The zero-order valence-corrected chi connectivity index (χ0v) is 16.7. The Bertz CT molecular complexity index is 1080. The molecule has 2 aliphatic rings. The summed E-state index contributed by atoms with van der Waals surface area (Å²) in [6.07, 6.45) is -1.87. The third-order valence-corrected chi connectivity index (χ3v) is 5.47. The maximum absolute atomic E-state index is 12.5. The molecule has 0 bridgehead atoms. The minimum atomic E-state index is -4.68. The van der Waals surface area contributed by atoms with Gasteiger partial charge in [-0.15, -0.1) is 13.2 Å². The Morgan fingerprint density at radius 2 is 1.77 bits per heavy atom. The van der Waals surface area contributed by atoms with Crippen molar-refractivity contribution < 1.29 is 17.9 Å². The SMILES string of the molecule is FC(F)(F)Oc1ccc2c(c1)CCN(c1cc(Nc3ccccc3)nc(C3CC3)n1)C2. The van der Waals surface area contributed by atoms with Crippen molar-refractivity contribution in [3.05, 3.63) is 71.5 Å². The van der Waals surface area contributed by atoms with Crippen LogP contribution in [0.25, 0.3) is 0 Å². The molecular formula is C23H21F3N4O. The lowest BCUT2D eigenvalue weighted by molar-refractivity contribution is -0.274. The molecule has 8 heteroatoms. The molecule has 3 aromatic rings. The van der Waals surface area contributed by atoms with E-state index in [2.05, 4.69) is 15.0 Å². The Balaban J connectivity index is 1.39. The van der Waals surface area contributed by atoms with Gasteiger partial charge in [-0.2, -0.15) is 0 Å². The molecule has 1 aromatic heterocycles. The molecule has 0 saturated heterocycles. The number of hydrogen-bond acceptors (Lipinski definition) is 5. The minimum Gasteiger partial charge on any atom is -0.406 e. The molecule has 5 nitrogen and oxygen atoms in total. The molecule has 0 radical (unpaired) electrons. The van der Waals surface area contributed by atoms with Crippen LogP contribution in [0.2, 0.25) is 0 Å². The Hall–Kier alpha value is -3.29. The Morgan fingerprint density at radius 3 is 2.52 bits per heavy atom.